The predicted molar refractivity (Wildman–Crippen MR) is 247 cm³/mol. The van der Waals surface area contributed by atoms with Gasteiger partial charge in [0.2, 0.25) is 11.8 Å². The highest BCUT2D eigenvalue weighted by Crippen LogP contribution is 2.73. The van der Waals surface area contributed by atoms with Crippen molar-refractivity contribution in [2.75, 3.05) is 11.9 Å². The van der Waals surface area contributed by atoms with Crippen LogP contribution < -0.4 is 11.1 Å². The van der Waals surface area contributed by atoms with Crippen molar-refractivity contribution < 1.29 is 70.7 Å². The third kappa shape index (κ3) is 7.63. The first kappa shape index (κ1) is 48.9. The summed E-state index contributed by atoms with van der Waals surface area (Å²) < 4.78 is 39.1. The highest BCUT2D eigenvalue weighted by Gasteiger charge is 2.75. The summed E-state index contributed by atoms with van der Waals surface area (Å²) in [5, 5.41) is 12.1. The first-order valence-corrected chi connectivity index (χ1v) is 26.2. The number of carbonyl (C=O) groups is 9. The van der Waals surface area contributed by atoms with Crippen LogP contribution in [0.25, 0.3) is 10.8 Å². The van der Waals surface area contributed by atoms with Crippen LogP contribution >= 0.6 is 33.6 Å². The fourth-order valence-corrected chi connectivity index (χ4v) is 17.4. The first-order valence-electron chi connectivity index (χ1n) is 21.0. The van der Waals surface area contributed by atoms with Crippen LogP contribution in [0.5, 0.6) is 0 Å². The van der Waals surface area contributed by atoms with E-state index in [0.29, 0.717) is 5.56 Å². The summed E-state index contributed by atoms with van der Waals surface area (Å²) >= 11 is 2.25. The van der Waals surface area contributed by atoms with Crippen LogP contribution in [0.4, 0.5) is 0 Å². The second-order valence-electron chi connectivity index (χ2n) is 18.6. The molecule has 24 heteroatoms. The number of fused-ring (bicyclic) bond motifs is 4. The molecular weight excluding hydrogens is 967 g/mol. The normalized spacial score (nSPS) is 28.6. The molecule has 5 N–H and O–H groups in total. The van der Waals surface area contributed by atoms with Crippen molar-refractivity contribution in [2.45, 2.75) is 107 Å². The molecule has 0 spiro atoms. The summed E-state index contributed by atoms with van der Waals surface area (Å²) in [6.45, 7) is 9.81. The number of aliphatic carboxylic acids is 1. The van der Waals surface area contributed by atoms with Gasteiger partial charge in [0.1, 0.15) is 52.8 Å². The largest absolute Gasteiger partial charge is 0.480 e. The molecule has 68 heavy (non-hydrogen) atoms. The number of β-lactam (4-membered cyclic amide) rings is 3. The number of thioether (sulfide) groups is 2. The van der Waals surface area contributed by atoms with Crippen molar-refractivity contribution >= 4 is 108 Å². The molecule has 9 rings (SSSR count). The summed E-state index contributed by atoms with van der Waals surface area (Å²) in [4.78, 5) is 121. The minimum absolute atomic E-state index is 0.0730. The van der Waals surface area contributed by atoms with Crippen LogP contribution in [0.1, 0.15) is 53.1 Å². The van der Waals surface area contributed by atoms with Gasteiger partial charge in [-0.05, 0) is 70.0 Å². The van der Waals surface area contributed by atoms with Crippen LogP contribution in [-0.2, 0) is 62.7 Å². The lowest BCUT2D eigenvalue weighted by atomic mass is 9.95. The molecule has 0 radical (unpaired) electrons. The maximum Gasteiger partial charge on any atom is 0.331 e. The summed E-state index contributed by atoms with van der Waals surface area (Å²) in [6, 6.07) is 13.7. The molecule has 6 aliphatic rings. The highest BCUT2D eigenvalue weighted by molar-refractivity contribution is 8.35. The van der Waals surface area contributed by atoms with Gasteiger partial charge in [0.25, 0.3) is 33.5 Å². The van der Waals surface area contributed by atoms with Crippen molar-refractivity contribution in [3.63, 3.8) is 0 Å². The Morgan fingerprint density at radius 2 is 1.22 bits per heavy atom. The van der Waals surface area contributed by atoms with Gasteiger partial charge < -0.3 is 40.3 Å². The fraction of sp³-hybridized carbons (Fsp3) is 0.432. The van der Waals surface area contributed by atoms with Gasteiger partial charge in [-0.3, -0.25) is 33.3 Å². The molecule has 0 aliphatic carbocycles. The van der Waals surface area contributed by atoms with Gasteiger partial charge in [0.15, 0.2) is 0 Å². The number of carbonyl (C=O) groups excluding carboxylic acids is 8. The number of nitrogens with one attached hydrogen (secondary N) is 1. The summed E-state index contributed by atoms with van der Waals surface area (Å²) in [7, 11) is -7.16. The molecular formula is C44H47N5O15S4. The van der Waals surface area contributed by atoms with Crippen molar-refractivity contribution in [1.82, 2.24) is 20.0 Å². The standard InChI is InChI=1S/C34H39N5O12S3.C10H8O3S/c1-32(2)20(37-24(44)17(40)26(37)52-32)30(48)50-12-54(13-51-31(49)21-33(3,4)53-27-18(41)25(45)38(21)27)28-16(23(43)39(28)19(29(46)47)34(54,5)6)36-22(42)15(35)14-10-8-7-9-11-14;11-14(12,13)10-6-5-8-3-1-2-4-9(8)7-10/h7-11,15-16,19-21,26-28H,12-13,35H2,1-6H3,(H,36,42)(H,46,47);1-7H,(H,11,12,13)/t15?,16?,19-,20-,21-,26+,27+,28+;/m0./s1. The fourth-order valence-electron chi connectivity index (χ4n) is 9.69. The van der Waals surface area contributed by atoms with Crippen molar-refractivity contribution in [3.05, 3.63) is 78.4 Å². The molecule has 6 fully saturated rings. The molecule has 6 heterocycles. The molecule has 6 aliphatic heterocycles. The number of ether oxygens (including phenoxy) is 2. The number of Topliss-reactive ketones (excluding diaryl/α,β-unsaturated/α-hetero) is 2. The van der Waals surface area contributed by atoms with Crippen LogP contribution in [0.15, 0.2) is 77.7 Å². The van der Waals surface area contributed by atoms with E-state index in [1.54, 1.807) is 84.0 Å². The molecule has 3 aromatic carbocycles. The Bertz CT molecular complexity index is 2770. The van der Waals surface area contributed by atoms with Crippen molar-refractivity contribution in [2.24, 2.45) is 5.73 Å². The molecule has 8 atom stereocenters. The van der Waals surface area contributed by atoms with Gasteiger partial charge in [0.05, 0.1) is 10.3 Å². The Labute approximate surface area is 399 Å². The number of ketones is 2. The topological polar surface area (TPSA) is 294 Å². The SMILES string of the molecule is CC1(C)S[C@@H]2C(=O)C(=O)N2[C@H]1C(=O)OCS1(COC(=O)[C@@H]2N3C(=O)C(=O)[C@H]3SC2(C)C)[C@@H]2C(NC(=O)C(N)c3ccccc3)C(=O)N2[C@@H](C(=O)O)C1(C)C.O=S(=O)(O)c1ccc2ccccc2c1. The summed E-state index contributed by atoms with van der Waals surface area (Å²) in [5.41, 5.74) is 6.70. The number of benzene rings is 3. The Morgan fingerprint density at radius 1 is 0.735 bits per heavy atom. The number of nitrogens with zero attached hydrogens (tertiary/aromatic N) is 3. The Balaban J connectivity index is 0.000000380. The highest BCUT2D eigenvalue weighted by atomic mass is 32.3. The van der Waals surface area contributed by atoms with E-state index in [0.717, 1.165) is 49.0 Å². The lowest BCUT2D eigenvalue weighted by molar-refractivity contribution is -0.166. The maximum absolute atomic E-state index is 14.0. The maximum atomic E-state index is 14.0. The molecule has 3 aromatic rings. The van der Waals surface area contributed by atoms with Crippen molar-refractivity contribution in [3.8, 4) is 0 Å². The number of carboxylic acids is 1. The van der Waals surface area contributed by atoms with E-state index in [1.807, 2.05) is 18.2 Å². The first-order chi connectivity index (χ1) is 31.7. The third-order valence-corrected chi connectivity index (χ3v) is 22.0. The number of nitrogens with two attached hydrogens (primary N) is 1. The average molecular weight is 1010 g/mol. The van der Waals surface area contributed by atoms with Crippen LogP contribution in [-0.4, -0.2) is 152 Å². The lowest BCUT2D eigenvalue weighted by Gasteiger charge is -2.54. The quantitative estimate of drug-likeness (QED) is 0.0921. The number of rotatable bonds is 11. The van der Waals surface area contributed by atoms with Crippen LogP contribution in [0, 0.1) is 0 Å². The molecule has 362 valence electrons. The van der Waals surface area contributed by atoms with Gasteiger partial charge in [-0.1, -0.05) is 60.7 Å². The van der Waals surface area contributed by atoms with Crippen molar-refractivity contribution in [1.29, 1.82) is 0 Å². The van der Waals surface area contributed by atoms with E-state index in [4.69, 9.17) is 19.8 Å². The number of carboxylic acid groups (broad SMARTS) is 1. The van der Waals surface area contributed by atoms with Gasteiger partial charge in [-0.15, -0.1) is 33.6 Å². The van der Waals surface area contributed by atoms with Crippen LogP contribution in [0.3, 0.4) is 0 Å². The van der Waals surface area contributed by atoms with E-state index >= 15 is 0 Å². The molecule has 0 aromatic heterocycles. The van der Waals surface area contributed by atoms with E-state index in [9.17, 15) is 56.7 Å². The van der Waals surface area contributed by atoms with Gasteiger partial charge in [0, 0.05) is 14.2 Å². The average Bonchev–Trinajstić information content (AvgIpc) is 3.79. The molecule has 4 amide bonds. The predicted octanol–water partition coefficient (Wildman–Crippen LogP) is 1.74. The van der Waals surface area contributed by atoms with E-state index < -0.39 is 146 Å². The van der Waals surface area contributed by atoms with Gasteiger partial charge in [-0.25, -0.2) is 14.4 Å². The molecule has 0 bridgehead atoms. The summed E-state index contributed by atoms with van der Waals surface area (Å²) in [6.07, 6.45) is 0. The number of hydrogen-bond acceptors (Lipinski definition) is 16. The Kier molecular flexibility index (Phi) is 12.1. The second-order valence-corrected chi connectivity index (χ2v) is 27.3. The zero-order chi connectivity index (χ0) is 49.8. The molecule has 6 saturated heterocycles. The number of amides is 4. The zero-order valence-corrected chi connectivity index (χ0v) is 40.5. The van der Waals surface area contributed by atoms with Gasteiger partial charge in [-0.2, -0.15) is 8.42 Å². The second kappa shape index (κ2) is 16.9. The van der Waals surface area contributed by atoms with E-state index in [1.165, 1.54) is 12.1 Å². The monoisotopic (exact) mass is 1010 g/mol. The molecule has 2 unspecified atom stereocenters. The number of esters is 2. The minimum Gasteiger partial charge on any atom is -0.480 e. The minimum atomic E-state index is -4.09. The van der Waals surface area contributed by atoms with Crippen LogP contribution in [0.2, 0.25) is 0 Å². The Hall–Kier alpha value is -5.53. The zero-order valence-electron chi connectivity index (χ0n) is 37.2. The lowest BCUT2D eigenvalue weighted by Crippen LogP contribution is -2.72. The molecule has 20 nitrogen and oxygen atoms in total. The van der Waals surface area contributed by atoms with E-state index in [2.05, 4.69) is 5.32 Å². The molecule has 0 saturated carbocycles. The smallest absolute Gasteiger partial charge is 0.331 e. The summed E-state index contributed by atoms with van der Waals surface area (Å²) in [5.74, 6) is -8.79. The van der Waals surface area contributed by atoms with E-state index in [-0.39, 0.29) is 4.90 Å². The third-order valence-electron chi connectivity index (χ3n) is 13.3. The number of hydrogen-bond donors (Lipinski definition) is 4. The Morgan fingerprint density at radius 3 is 1.71 bits per heavy atom. The van der Waals surface area contributed by atoms with Gasteiger partial charge >= 0.3 is 17.9 Å².